The largest absolute Gasteiger partial charge is 0.462 e. The molecular weight excluding hydrogens is 392 g/mol. The summed E-state index contributed by atoms with van der Waals surface area (Å²) in [6, 6.07) is 0. The van der Waals surface area contributed by atoms with Crippen LogP contribution < -0.4 is 0 Å². The maximum atomic E-state index is 11.7. The van der Waals surface area contributed by atoms with Crippen molar-refractivity contribution in [3.05, 3.63) is 0 Å². The van der Waals surface area contributed by atoms with Crippen molar-refractivity contribution in [2.75, 3.05) is 72.7 Å². The van der Waals surface area contributed by atoms with Crippen LogP contribution in [0.1, 0.15) is 40.5 Å². The molecule has 1 aliphatic heterocycles. The van der Waals surface area contributed by atoms with Crippen LogP contribution >= 0.6 is 0 Å². The van der Waals surface area contributed by atoms with Gasteiger partial charge in [0.05, 0.1) is 71.7 Å². The lowest BCUT2D eigenvalue weighted by Crippen LogP contribution is -2.25. The highest BCUT2D eigenvalue weighted by Crippen LogP contribution is 2.10. The molecule has 0 unspecified atom stereocenters. The molecular formula is C22H42O8. The molecule has 1 aliphatic rings. The molecule has 0 radical (unpaired) electrons. The van der Waals surface area contributed by atoms with Gasteiger partial charge in [0.2, 0.25) is 0 Å². The van der Waals surface area contributed by atoms with Gasteiger partial charge in [-0.1, -0.05) is 27.7 Å². The number of rotatable bonds is 4. The zero-order valence-electron chi connectivity index (χ0n) is 19.3. The summed E-state index contributed by atoms with van der Waals surface area (Å²) in [6.45, 7) is 12.8. The van der Waals surface area contributed by atoms with E-state index in [9.17, 15) is 4.79 Å². The fraction of sp³-hybridized carbons (Fsp3) is 0.955. The van der Waals surface area contributed by atoms with Gasteiger partial charge in [0.15, 0.2) is 0 Å². The van der Waals surface area contributed by atoms with E-state index < -0.39 is 5.97 Å². The average molecular weight is 435 g/mol. The minimum atomic E-state index is -0.404. The van der Waals surface area contributed by atoms with Gasteiger partial charge in [0.25, 0.3) is 0 Å². The fourth-order valence-corrected chi connectivity index (χ4v) is 3.03. The second-order valence-electron chi connectivity index (χ2n) is 8.28. The van der Waals surface area contributed by atoms with Crippen LogP contribution in [-0.2, 0) is 38.0 Å². The lowest BCUT2D eigenvalue weighted by molar-refractivity contribution is -0.151. The maximum absolute atomic E-state index is 11.7. The highest BCUT2D eigenvalue weighted by Gasteiger charge is 2.14. The van der Waals surface area contributed by atoms with Crippen molar-refractivity contribution < 1.29 is 38.0 Å². The third-order valence-electron chi connectivity index (χ3n) is 4.32. The number of cyclic esters (lactones) is 1. The number of carbonyl (C=O) groups excluding carboxylic acids is 1. The Morgan fingerprint density at radius 1 is 0.667 bits per heavy atom. The number of hydrogen-bond acceptors (Lipinski definition) is 8. The SMILES string of the molecule is CC(C)C[C@H]1COCCOCCO[C@@H](CC(C)C)COCCOC(=O)COCCO1. The number of carbonyl (C=O) groups is 1. The molecule has 0 aromatic heterocycles. The van der Waals surface area contributed by atoms with E-state index in [2.05, 4.69) is 27.7 Å². The van der Waals surface area contributed by atoms with E-state index in [1.807, 2.05) is 0 Å². The van der Waals surface area contributed by atoms with E-state index in [1.54, 1.807) is 0 Å². The number of ether oxygens (including phenoxy) is 7. The molecule has 0 aromatic carbocycles. The van der Waals surface area contributed by atoms with Crippen LogP contribution in [0.5, 0.6) is 0 Å². The Balaban J connectivity index is 2.45. The van der Waals surface area contributed by atoms with Crippen LogP contribution in [-0.4, -0.2) is 90.9 Å². The third-order valence-corrected chi connectivity index (χ3v) is 4.32. The first-order chi connectivity index (χ1) is 14.5. The summed E-state index contributed by atoms with van der Waals surface area (Å²) >= 11 is 0. The normalized spacial score (nSPS) is 25.6. The molecule has 8 heteroatoms. The van der Waals surface area contributed by atoms with Crippen LogP contribution in [0, 0.1) is 11.8 Å². The Morgan fingerprint density at radius 2 is 1.13 bits per heavy atom. The highest BCUT2D eigenvalue weighted by molar-refractivity contribution is 5.70. The molecule has 1 fully saturated rings. The predicted molar refractivity (Wildman–Crippen MR) is 113 cm³/mol. The molecule has 8 nitrogen and oxygen atoms in total. The minimum Gasteiger partial charge on any atom is -0.462 e. The van der Waals surface area contributed by atoms with Gasteiger partial charge < -0.3 is 33.2 Å². The summed E-state index contributed by atoms with van der Waals surface area (Å²) < 4.78 is 39.1. The topological polar surface area (TPSA) is 81.7 Å². The molecule has 0 N–H and O–H groups in total. The lowest BCUT2D eigenvalue weighted by atomic mass is 10.1. The van der Waals surface area contributed by atoms with Crippen LogP contribution in [0.4, 0.5) is 0 Å². The molecule has 0 spiro atoms. The van der Waals surface area contributed by atoms with E-state index in [1.165, 1.54) is 0 Å². The smallest absolute Gasteiger partial charge is 0.332 e. The second-order valence-corrected chi connectivity index (χ2v) is 8.28. The molecule has 0 bridgehead atoms. The van der Waals surface area contributed by atoms with Crippen LogP contribution in [0.25, 0.3) is 0 Å². The second kappa shape index (κ2) is 17.9. The first-order valence-electron chi connectivity index (χ1n) is 11.2. The summed E-state index contributed by atoms with van der Waals surface area (Å²) in [5.41, 5.74) is 0. The molecule has 1 heterocycles. The minimum absolute atomic E-state index is 0.00747. The van der Waals surface area contributed by atoms with Gasteiger partial charge in [0.1, 0.15) is 13.2 Å². The van der Waals surface area contributed by atoms with Crippen molar-refractivity contribution in [3.8, 4) is 0 Å². The standard InChI is InChI=1S/C22H42O8/c1-18(2)13-20-15-25-6-5-24-7-10-28-21(14-19(3)4)16-26-9-12-30-22(23)17-27-8-11-29-20/h18-21H,5-17H2,1-4H3/t20-,21-/m0/s1. The molecule has 30 heavy (non-hydrogen) atoms. The van der Waals surface area contributed by atoms with E-state index in [0.29, 0.717) is 71.3 Å². The first kappa shape index (κ1) is 27.3. The van der Waals surface area contributed by atoms with E-state index in [4.69, 9.17) is 33.2 Å². The van der Waals surface area contributed by atoms with Crippen molar-refractivity contribution in [2.45, 2.75) is 52.7 Å². The summed E-state index contributed by atoms with van der Waals surface area (Å²) in [5, 5.41) is 0. The zero-order chi connectivity index (χ0) is 22.0. The van der Waals surface area contributed by atoms with Crippen molar-refractivity contribution in [3.63, 3.8) is 0 Å². The van der Waals surface area contributed by atoms with Crippen molar-refractivity contribution in [1.82, 2.24) is 0 Å². The predicted octanol–water partition coefficient (Wildman–Crippen LogP) is 2.47. The maximum Gasteiger partial charge on any atom is 0.332 e. The molecule has 0 amide bonds. The Morgan fingerprint density at radius 3 is 1.70 bits per heavy atom. The number of esters is 1. The van der Waals surface area contributed by atoms with Gasteiger partial charge >= 0.3 is 5.97 Å². The highest BCUT2D eigenvalue weighted by atomic mass is 16.6. The zero-order valence-corrected chi connectivity index (χ0v) is 19.3. The monoisotopic (exact) mass is 434 g/mol. The van der Waals surface area contributed by atoms with Gasteiger partial charge in [-0.05, 0) is 24.7 Å². The quantitative estimate of drug-likeness (QED) is 0.624. The Labute approximate surface area is 181 Å². The Hall–Kier alpha value is -0.770. The molecule has 1 saturated heterocycles. The van der Waals surface area contributed by atoms with E-state index in [-0.39, 0.29) is 25.4 Å². The van der Waals surface area contributed by atoms with E-state index in [0.717, 1.165) is 12.8 Å². The summed E-state index contributed by atoms with van der Waals surface area (Å²) in [7, 11) is 0. The van der Waals surface area contributed by atoms with Crippen molar-refractivity contribution in [1.29, 1.82) is 0 Å². The third kappa shape index (κ3) is 16.0. The molecule has 0 aliphatic carbocycles. The molecule has 178 valence electrons. The van der Waals surface area contributed by atoms with Crippen LogP contribution in [0.3, 0.4) is 0 Å². The molecule has 0 aromatic rings. The Kier molecular flexibility index (Phi) is 16.2. The Bertz CT molecular complexity index is 380. The first-order valence-corrected chi connectivity index (χ1v) is 11.2. The fourth-order valence-electron chi connectivity index (χ4n) is 3.03. The summed E-state index contributed by atoms with van der Waals surface area (Å²) in [5.74, 6) is 0.593. The van der Waals surface area contributed by atoms with Crippen molar-refractivity contribution in [2.24, 2.45) is 11.8 Å². The van der Waals surface area contributed by atoms with Gasteiger partial charge in [-0.15, -0.1) is 0 Å². The van der Waals surface area contributed by atoms with Gasteiger partial charge in [-0.3, -0.25) is 0 Å². The molecule has 0 saturated carbocycles. The van der Waals surface area contributed by atoms with E-state index >= 15 is 0 Å². The lowest BCUT2D eigenvalue weighted by Gasteiger charge is -2.20. The van der Waals surface area contributed by atoms with Crippen LogP contribution in [0.15, 0.2) is 0 Å². The van der Waals surface area contributed by atoms with Gasteiger partial charge in [-0.25, -0.2) is 4.79 Å². The summed E-state index contributed by atoms with van der Waals surface area (Å²) in [4.78, 5) is 11.7. The molecule has 1 rings (SSSR count). The average Bonchev–Trinajstić information content (AvgIpc) is 2.67. The summed E-state index contributed by atoms with van der Waals surface area (Å²) in [6.07, 6.45) is 1.78. The van der Waals surface area contributed by atoms with Crippen LogP contribution in [0.2, 0.25) is 0 Å². The van der Waals surface area contributed by atoms with Gasteiger partial charge in [0, 0.05) is 0 Å². The molecule has 2 atom stereocenters. The van der Waals surface area contributed by atoms with Crippen molar-refractivity contribution >= 4 is 5.97 Å². The number of hydrogen-bond donors (Lipinski definition) is 0. The van der Waals surface area contributed by atoms with Gasteiger partial charge in [-0.2, -0.15) is 0 Å².